The molecule has 1 aromatic rings. The monoisotopic (exact) mass is 344 g/mol. The molecular weight excluding hydrogens is 324 g/mol. The number of aryl methyl sites for hydroxylation is 2. The molecule has 1 aromatic carbocycles. The third kappa shape index (κ3) is 3.53. The highest BCUT2D eigenvalue weighted by Gasteiger charge is 2.20. The molecule has 0 radical (unpaired) electrons. The second kappa shape index (κ2) is 6.60. The molecule has 0 bridgehead atoms. The summed E-state index contributed by atoms with van der Waals surface area (Å²) in [6.07, 6.45) is 4.88. The molecule has 1 saturated heterocycles. The normalized spacial score (nSPS) is 20.8. The maximum absolute atomic E-state index is 6.64. The highest BCUT2D eigenvalue weighted by molar-refractivity contribution is 9.10. The molecule has 1 nitrogen and oxygen atoms in total. The van der Waals surface area contributed by atoms with Crippen LogP contribution in [-0.2, 0) is 4.74 Å². The topological polar surface area (TPSA) is 9.23 Å². The molecule has 1 fully saturated rings. The van der Waals surface area contributed by atoms with Crippen LogP contribution >= 0.6 is 27.5 Å². The van der Waals surface area contributed by atoms with Crippen molar-refractivity contribution in [2.45, 2.75) is 57.9 Å². The Bertz CT molecular complexity index is 453. The predicted molar refractivity (Wildman–Crippen MR) is 85.2 cm³/mol. The van der Waals surface area contributed by atoms with Crippen molar-refractivity contribution in [3.63, 3.8) is 0 Å². The fourth-order valence-corrected chi connectivity index (χ4v) is 3.80. The molecule has 2 atom stereocenters. The summed E-state index contributed by atoms with van der Waals surface area (Å²) < 4.78 is 6.87. The number of hydrogen-bond donors (Lipinski definition) is 0. The maximum atomic E-state index is 6.64. The van der Waals surface area contributed by atoms with E-state index in [0.717, 1.165) is 19.4 Å². The van der Waals surface area contributed by atoms with Crippen molar-refractivity contribution in [3.8, 4) is 0 Å². The zero-order valence-corrected chi connectivity index (χ0v) is 14.3. The fraction of sp³-hybridized carbons (Fsp3) is 0.625. The van der Waals surface area contributed by atoms with Crippen LogP contribution in [0, 0.1) is 20.8 Å². The molecule has 0 N–H and O–H groups in total. The molecule has 0 saturated carbocycles. The van der Waals surface area contributed by atoms with E-state index in [0.29, 0.717) is 6.10 Å². The van der Waals surface area contributed by atoms with Gasteiger partial charge in [-0.05, 0) is 68.7 Å². The van der Waals surface area contributed by atoms with Crippen LogP contribution in [0.4, 0.5) is 0 Å². The van der Waals surface area contributed by atoms with Gasteiger partial charge < -0.3 is 4.74 Å². The zero-order valence-electron chi connectivity index (χ0n) is 11.9. The van der Waals surface area contributed by atoms with E-state index in [-0.39, 0.29) is 5.38 Å². The lowest BCUT2D eigenvalue weighted by Crippen LogP contribution is -2.07. The first-order valence-electron chi connectivity index (χ1n) is 7.02. The molecule has 19 heavy (non-hydrogen) atoms. The van der Waals surface area contributed by atoms with E-state index in [1.54, 1.807) is 0 Å². The number of hydrogen-bond acceptors (Lipinski definition) is 1. The first kappa shape index (κ1) is 15.3. The Kier molecular flexibility index (Phi) is 5.33. The summed E-state index contributed by atoms with van der Waals surface area (Å²) in [6.45, 7) is 7.36. The van der Waals surface area contributed by atoms with Crippen molar-refractivity contribution >= 4 is 27.5 Å². The fourth-order valence-electron chi connectivity index (χ4n) is 3.01. The second-order valence-corrected chi connectivity index (χ2v) is 6.86. The predicted octanol–water partition coefficient (Wildman–Crippen LogP) is 5.61. The van der Waals surface area contributed by atoms with Gasteiger partial charge in [-0.25, -0.2) is 0 Å². The standard InChI is InChI=1S/C16H22BrClO/c1-10-9-11(2)16(17)12(3)15(10)14(18)7-6-13-5-4-8-19-13/h9,13-14H,4-8H2,1-3H3. The molecular formula is C16H22BrClO. The molecule has 2 unspecified atom stereocenters. The van der Waals surface area contributed by atoms with Gasteiger partial charge in [0.1, 0.15) is 0 Å². The van der Waals surface area contributed by atoms with Gasteiger partial charge in [-0.3, -0.25) is 0 Å². The van der Waals surface area contributed by atoms with E-state index in [1.165, 1.54) is 39.6 Å². The van der Waals surface area contributed by atoms with Crippen LogP contribution in [0.5, 0.6) is 0 Å². The first-order chi connectivity index (χ1) is 9.00. The van der Waals surface area contributed by atoms with Crippen LogP contribution < -0.4 is 0 Å². The number of halogens is 2. The van der Waals surface area contributed by atoms with Crippen LogP contribution in [0.3, 0.4) is 0 Å². The van der Waals surface area contributed by atoms with E-state index in [2.05, 4.69) is 42.8 Å². The van der Waals surface area contributed by atoms with Crippen molar-refractivity contribution in [1.82, 2.24) is 0 Å². The molecule has 0 aliphatic carbocycles. The summed E-state index contributed by atoms with van der Waals surface area (Å²) in [5.41, 5.74) is 5.15. The summed E-state index contributed by atoms with van der Waals surface area (Å²) in [5, 5.41) is 0.0844. The van der Waals surface area contributed by atoms with Gasteiger partial charge in [0.05, 0.1) is 11.5 Å². The molecule has 2 rings (SSSR count). The molecule has 1 heterocycles. The minimum Gasteiger partial charge on any atom is -0.378 e. The van der Waals surface area contributed by atoms with Crippen molar-refractivity contribution in [2.24, 2.45) is 0 Å². The highest BCUT2D eigenvalue weighted by Crippen LogP contribution is 2.37. The van der Waals surface area contributed by atoms with E-state index in [1.807, 2.05) is 0 Å². The van der Waals surface area contributed by atoms with Crippen molar-refractivity contribution < 1.29 is 4.74 Å². The Morgan fingerprint density at radius 3 is 2.74 bits per heavy atom. The Labute approximate surface area is 129 Å². The number of alkyl halides is 1. The minimum absolute atomic E-state index is 0.0844. The summed E-state index contributed by atoms with van der Waals surface area (Å²) in [7, 11) is 0. The SMILES string of the molecule is Cc1cc(C)c(C(Cl)CCC2CCCO2)c(C)c1Br. The molecule has 3 heteroatoms. The third-order valence-electron chi connectivity index (χ3n) is 4.02. The maximum Gasteiger partial charge on any atom is 0.0591 e. The van der Waals surface area contributed by atoms with Gasteiger partial charge >= 0.3 is 0 Å². The summed E-state index contributed by atoms with van der Waals surface area (Å²) in [5.74, 6) is 0. The van der Waals surface area contributed by atoms with Gasteiger partial charge in [0.15, 0.2) is 0 Å². The Hall–Kier alpha value is -0.0500. The van der Waals surface area contributed by atoms with Gasteiger partial charge in [0, 0.05) is 11.1 Å². The lowest BCUT2D eigenvalue weighted by Gasteiger charge is -2.19. The molecule has 0 spiro atoms. The number of ether oxygens (including phenoxy) is 1. The third-order valence-corrected chi connectivity index (χ3v) is 5.67. The van der Waals surface area contributed by atoms with Gasteiger partial charge in [0.25, 0.3) is 0 Å². The van der Waals surface area contributed by atoms with Crippen LogP contribution in [-0.4, -0.2) is 12.7 Å². The van der Waals surface area contributed by atoms with E-state index < -0.39 is 0 Å². The Morgan fingerprint density at radius 1 is 1.37 bits per heavy atom. The lowest BCUT2D eigenvalue weighted by molar-refractivity contribution is 0.102. The second-order valence-electron chi connectivity index (χ2n) is 5.54. The molecule has 1 aliphatic rings. The summed E-state index contributed by atoms with van der Waals surface area (Å²) in [6, 6.07) is 2.22. The summed E-state index contributed by atoms with van der Waals surface area (Å²) >= 11 is 10.3. The van der Waals surface area contributed by atoms with Gasteiger partial charge in [-0.1, -0.05) is 22.0 Å². The number of rotatable bonds is 4. The van der Waals surface area contributed by atoms with E-state index in [9.17, 15) is 0 Å². The summed E-state index contributed by atoms with van der Waals surface area (Å²) in [4.78, 5) is 0. The molecule has 0 amide bonds. The van der Waals surface area contributed by atoms with Crippen molar-refractivity contribution in [3.05, 3.63) is 32.8 Å². The van der Waals surface area contributed by atoms with Crippen LogP contribution in [0.1, 0.15) is 53.3 Å². The highest BCUT2D eigenvalue weighted by atomic mass is 79.9. The van der Waals surface area contributed by atoms with Crippen LogP contribution in [0.2, 0.25) is 0 Å². The molecule has 106 valence electrons. The quantitative estimate of drug-likeness (QED) is 0.644. The first-order valence-corrected chi connectivity index (χ1v) is 8.25. The molecule has 0 aromatic heterocycles. The average molecular weight is 346 g/mol. The van der Waals surface area contributed by atoms with Crippen LogP contribution in [0.25, 0.3) is 0 Å². The number of benzene rings is 1. The van der Waals surface area contributed by atoms with Crippen LogP contribution in [0.15, 0.2) is 10.5 Å². The minimum atomic E-state index is 0.0844. The van der Waals surface area contributed by atoms with Crippen molar-refractivity contribution in [1.29, 1.82) is 0 Å². The van der Waals surface area contributed by atoms with E-state index >= 15 is 0 Å². The van der Waals surface area contributed by atoms with Gasteiger partial charge in [-0.15, -0.1) is 11.6 Å². The Balaban J connectivity index is 2.09. The van der Waals surface area contributed by atoms with Gasteiger partial charge in [-0.2, -0.15) is 0 Å². The average Bonchev–Trinajstić information content (AvgIpc) is 2.86. The largest absolute Gasteiger partial charge is 0.378 e. The van der Waals surface area contributed by atoms with Gasteiger partial charge in [0.2, 0.25) is 0 Å². The zero-order chi connectivity index (χ0) is 14.0. The van der Waals surface area contributed by atoms with Crippen molar-refractivity contribution in [2.75, 3.05) is 6.61 Å². The van der Waals surface area contributed by atoms with E-state index in [4.69, 9.17) is 16.3 Å². The molecule has 1 aliphatic heterocycles. The lowest BCUT2D eigenvalue weighted by atomic mass is 9.94. The smallest absolute Gasteiger partial charge is 0.0591 e. The Morgan fingerprint density at radius 2 is 2.11 bits per heavy atom.